The zero-order valence-electron chi connectivity index (χ0n) is 7.08. The molecule has 1 saturated heterocycles. The van der Waals surface area contributed by atoms with Crippen molar-refractivity contribution in [3.05, 3.63) is 0 Å². The summed E-state index contributed by atoms with van der Waals surface area (Å²) in [6, 6.07) is 0.136. The van der Waals surface area contributed by atoms with E-state index in [1.807, 2.05) is 6.92 Å². The smallest absolute Gasteiger partial charge is 0.0810 e. The molecule has 11 heavy (non-hydrogen) atoms. The summed E-state index contributed by atoms with van der Waals surface area (Å²) in [6.45, 7) is 4.22. The van der Waals surface area contributed by atoms with Gasteiger partial charge in [-0.2, -0.15) is 0 Å². The van der Waals surface area contributed by atoms with E-state index in [0.717, 1.165) is 26.1 Å². The van der Waals surface area contributed by atoms with Crippen molar-refractivity contribution in [2.75, 3.05) is 19.8 Å². The molecular weight excluding hydrogens is 142 g/mol. The highest BCUT2D eigenvalue weighted by atomic mass is 16.5. The second kappa shape index (κ2) is 4.70. The molecule has 2 atom stereocenters. The van der Waals surface area contributed by atoms with Gasteiger partial charge in [0.1, 0.15) is 0 Å². The van der Waals surface area contributed by atoms with Crippen LogP contribution in [-0.2, 0) is 9.47 Å². The van der Waals surface area contributed by atoms with Gasteiger partial charge >= 0.3 is 0 Å². The van der Waals surface area contributed by atoms with Gasteiger partial charge in [-0.3, -0.25) is 0 Å². The van der Waals surface area contributed by atoms with Crippen LogP contribution in [0.4, 0.5) is 0 Å². The van der Waals surface area contributed by atoms with Crippen LogP contribution in [0.5, 0.6) is 0 Å². The molecule has 0 amide bonds. The normalized spacial score (nSPS) is 28.4. The Labute approximate surface area is 67.9 Å². The van der Waals surface area contributed by atoms with Crippen LogP contribution in [-0.4, -0.2) is 32.0 Å². The highest BCUT2D eigenvalue weighted by Crippen LogP contribution is 2.09. The average Bonchev–Trinajstić information content (AvgIpc) is 2.03. The SMILES string of the molecule is CC(N)COC1CCCOC1. The molecular formula is C8H17NO2. The van der Waals surface area contributed by atoms with Gasteiger partial charge in [-0.1, -0.05) is 0 Å². The van der Waals surface area contributed by atoms with Crippen molar-refractivity contribution in [3.8, 4) is 0 Å². The van der Waals surface area contributed by atoms with Crippen LogP contribution >= 0.6 is 0 Å². The molecule has 3 nitrogen and oxygen atoms in total. The van der Waals surface area contributed by atoms with Crippen LogP contribution in [0.1, 0.15) is 19.8 Å². The maximum Gasteiger partial charge on any atom is 0.0810 e. The van der Waals surface area contributed by atoms with Gasteiger partial charge in [-0.15, -0.1) is 0 Å². The van der Waals surface area contributed by atoms with Crippen LogP contribution in [0.15, 0.2) is 0 Å². The minimum atomic E-state index is 0.136. The molecule has 0 aromatic heterocycles. The number of rotatable bonds is 3. The third kappa shape index (κ3) is 3.70. The van der Waals surface area contributed by atoms with E-state index in [4.69, 9.17) is 15.2 Å². The molecule has 0 aliphatic carbocycles. The van der Waals surface area contributed by atoms with E-state index in [0.29, 0.717) is 6.61 Å². The van der Waals surface area contributed by atoms with Crippen LogP contribution in [0.25, 0.3) is 0 Å². The Balaban J connectivity index is 2.05. The molecule has 0 aromatic carbocycles. The van der Waals surface area contributed by atoms with E-state index in [9.17, 15) is 0 Å². The minimum Gasteiger partial charge on any atom is -0.379 e. The summed E-state index contributed by atoms with van der Waals surface area (Å²) >= 11 is 0. The largest absolute Gasteiger partial charge is 0.379 e. The van der Waals surface area contributed by atoms with E-state index >= 15 is 0 Å². The van der Waals surface area contributed by atoms with Gasteiger partial charge in [0.15, 0.2) is 0 Å². The maximum atomic E-state index is 5.54. The standard InChI is InChI=1S/C8H17NO2/c1-7(9)5-11-8-3-2-4-10-6-8/h7-8H,2-6,9H2,1H3. The van der Waals surface area contributed by atoms with Gasteiger partial charge in [0.2, 0.25) is 0 Å². The number of hydrogen-bond donors (Lipinski definition) is 1. The number of ether oxygens (including phenoxy) is 2. The van der Waals surface area contributed by atoms with E-state index < -0.39 is 0 Å². The van der Waals surface area contributed by atoms with Crippen molar-refractivity contribution in [2.45, 2.75) is 31.9 Å². The Morgan fingerprint density at radius 1 is 1.73 bits per heavy atom. The summed E-state index contributed by atoms with van der Waals surface area (Å²) in [7, 11) is 0. The highest BCUT2D eigenvalue weighted by molar-refractivity contribution is 4.63. The van der Waals surface area contributed by atoms with Crippen LogP contribution in [0, 0.1) is 0 Å². The van der Waals surface area contributed by atoms with Crippen LogP contribution in [0.3, 0.4) is 0 Å². The Hall–Kier alpha value is -0.120. The Morgan fingerprint density at radius 3 is 3.09 bits per heavy atom. The lowest BCUT2D eigenvalue weighted by Crippen LogP contribution is -2.31. The Morgan fingerprint density at radius 2 is 2.55 bits per heavy atom. The third-order valence-corrected chi connectivity index (χ3v) is 1.71. The fourth-order valence-corrected chi connectivity index (χ4v) is 1.13. The summed E-state index contributed by atoms with van der Waals surface area (Å²) in [6.07, 6.45) is 2.52. The van der Waals surface area contributed by atoms with Crippen molar-refractivity contribution in [3.63, 3.8) is 0 Å². The first-order valence-corrected chi connectivity index (χ1v) is 4.24. The first-order valence-electron chi connectivity index (χ1n) is 4.24. The van der Waals surface area contributed by atoms with Gasteiger partial charge in [-0.25, -0.2) is 0 Å². The van der Waals surface area contributed by atoms with Gasteiger partial charge in [0.05, 0.1) is 19.3 Å². The summed E-state index contributed by atoms with van der Waals surface area (Å²) in [5, 5.41) is 0. The summed E-state index contributed by atoms with van der Waals surface area (Å²) in [4.78, 5) is 0. The highest BCUT2D eigenvalue weighted by Gasteiger charge is 2.13. The van der Waals surface area contributed by atoms with E-state index in [2.05, 4.69) is 0 Å². The monoisotopic (exact) mass is 159 g/mol. The molecule has 2 N–H and O–H groups in total. The molecule has 1 rings (SSSR count). The molecule has 0 bridgehead atoms. The van der Waals surface area contributed by atoms with E-state index in [1.165, 1.54) is 0 Å². The van der Waals surface area contributed by atoms with E-state index in [1.54, 1.807) is 0 Å². The van der Waals surface area contributed by atoms with Gasteiger partial charge in [0.25, 0.3) is 0 Å². The molecule has 1 aliphatic heterocycles. The van der Waals surface area contributed by atoms with Crippen LogP contribution < -0.4 is 5.73 Å². The lowest BCUT2D eigenvalue weighted by Gasteiger charge is -2.23. The third-order valence-electron chi connectivity index (χ3n) is 1.71. The molecule has 2 unspecified atom stereocenters. The first-order chi connectivity index (χ1) is 5.29. The minimum absolute atomic E-state index is 0.136. The molecule has 0 aromatic rings. The number of nitrogens with two attached hydrogens (primary N) is 1. The van der Waals surface area contributed by atoms with Gasteiger partial charge in [-0.05, 0) is 19.8 Å². The molecule has 0 saturated carbocycles. The number of hydrogen-bond acceptors (Lipinski definition) is 3. The second-order valence-corrected chi connectivity index (χ2v) is 3.15. The Bertz CT molecular complexity index is 100. The quantitative estimate of drug-likeness (QED) is 0.653. The summed E-state index contributed by atoms with van der Waals surface area (Å²) in [5.41, 5.74) is 5.54. The molecule has 3 heteroatoms. The van der Waals surface area contributed by atoms with Crippen molar-refractivity contribution in [2.24, 2.45) is 5.73 Å². The predicted molar refractivity (Wildman–Crippen MR) is 43.4 cm³/mol. The summed E-state index contributed by atoms with van der Waals surface area (Å²) < 4.78 is 10.7. The molecule has 0 spiro atoms. The topological polar surface area (TPSA) is 44.5 Å². The molecule has 1 heterocycles. The maximum absolute atomic E-state index is 5.54. The predicted octanol–water partition coefficient (Wildman–Crippen LogP) is 0.529. The van der Waals surface area contributed by atoms with Crippen LogP contribution in [0.2, 0.25) is 0 Å². The zero-order valence-corrected chi connectivity index (χ0v) is 7.08. The van der Waals surface area contributed by atoms with Crippen molar-refractivity contribution >= 4 is 0 Å². The molecule has 66 valence electrons. The fourth-order valence-electron chi connectivity index (χ4n) is 1.13. The lowest BCUT2D eigenvalue weighted by molar-refractivity contribution is -0.0523. The van der Waals surface area contributed by atoms with E-state index in [-0.39, 0.29) is 12.1 Å². The fraction of sp³-hybridized carbons (Fsp3) is 1.00. The Kier molecular flexibility index (Phi) is 3.83. The first kappa shape index (κ1) is 8.97. The second-order valence-electron chi connectivity index (χ2n) is 3.15. The van der Waals surface area contributed by atoms with Gasteiger partial charge < -0.3 is 15.2 Å². The average molecular weight is 159 g/mol. The summed E-state index contributed by atoms with van der Waals surface area (Å²) in [5.74, 6) is 0. The molecule has 0 radical (unpaired) electrons. The van der Waals surface area contributed by atoms with Crippen molar-refractivity contribution in [1.29, 1.82) is 0 Å². The molecule has 1 aliphatic rings. The molecule has 1 fully saturated rings. The van der Waals surface area contributed by atoms with Crippen molar-refractivity contribution in [1.82, 2.24) is 0 Å². The van der Waals surface area contributed by atoms with Crippen molar-refractivity contribution < 1.29 is 9.47 Å². The lowest BCUT2D eigenvalue weighted by atomic mass is 10.2. The zero-order chi connectivity index (χ0) is 8.10. The van der Waals surface area contributed by atoms with Gasteiger partial charge in [0, 0.05) is 12.6 Å².